The highest BCUT2D eigenvalue weighted by Gasteiger charge is 2.30. The van der Waals surface area contributed by atoms with Crippen LogP contribution < -0.4 is 10.6 Å². The normalized spacial score (nSPS) is 12.3. The minimum atomic E-state index is -0.487. The number of ether oxygens (including phenoxy) is 1. The lowest BCUT2D eigenvalue weighted by Crippen LogP contribution is -2.55. The van der Waals surface area contributed by atoms with Gasteiger partial charge in [0.1, 0.15) is 5.60 Å². The molecule has 0 saturated heterocycles. The highest BCUT2D eigenvalue weighted by atomic mass is 16.6. The predicted octanol–water partition coefficient (Wildman–Crippen LogP) is 3.08. The Morgan fingerprint density at radius 2 is 1.91 bits per heavy atom. The zero-order valence-corrected chi connectivity index (χ0v) is 15.4. The Morgan fingerprint density at radius 1 is 1.26 bits per heavy atom. The molecule has 6 nitrogen and oxygen atoms in total. The van der Waals surface area contributed by atoms with E-state index >= 15 is 0 Å². The van der Waals surface area contributed by atoms with E-state index in [1.807, 2.05) is 37.8 Å². The Balaban J connectivity index is 2.56. The van der Waals surface area contributed by atoms with Crippen molar-refractivity contribution in [1.82, 2.24) is 20.4 Å². The minimum Gasteiger partial charge on any atom is -0.444 e. The van der Waals surface area contributed by atoms with Crippen LogP contribution in [0.2, 0.25) is 0 Å². The molecule has 1 heterocycles. The molecule has 0 atom stereocenters. The fourth-order valence-corrected chi connectivity index (χ4v) is 2.36. The van der Waals surface area contributed by atoms with Crippen molar-refractivity contribution in [2.75, 3.05) is 6.54 Å². The van der Waals surface area contributed by atoms with Crippen molar-refractivity contribution in [1.29, 1.82) is 0 Å². The lowest BCUT2D eigenvalue weighted by Gasteiger charge is -2.34. The fraction of sp³-hybridized carbons (Fsp3) is 0.765. The molecule has 2 N–H and O–H groups in total. The van der Waals surface area contributed by atoms with Gasteiger partial charge in [0, 0.05) is 31.4 Å². The largest absolute Gasteiger partial charge is 0.444 e. The average Bonchev–Trinajstić information content (AvgIpc) is 2.92. The maximum atomic E-state index is 12.1. The zero-order valence-electron chi connectivity index (χ0n) is 15.4. The molecule has 0 spiro atoms. The lowest BCUT2D eigenvalue weighted by molar-refractivity contribution is 0.0446. The Bertz CT molecular complexity index is 487. The van der Waals surface area contributed by atoms with E-state index in [0.29, 0.717) is 6.54 Å². The summed E-state index contributed by atoms with van der Waals surface area (Å²) in [6.07, 6.45) is 5.22. The molecule has 0 aliphatic heterocycles. The van der Waals surface area contributed by atoms with Crippen LogP contribution in [0.15, 0.2) is 12.4 Å². The SMILES string of the molecule is CCn1cc(CNCC(CC)(CC)NC(=O)OC(C)(C)C)cn1. The number of hydrogen-bond acceptors (Lipinski definition) is 4. The van der Waals surface area contributed by atoms with Gasteiger partial charge in [-0.3, -0.25) is 4.68 Å². The van der Waals surface area contributed by atoms with E-state index in [2.05, 4.69) is 36.5 Å². The molecular weight excluding hydrogens is 292 g/mol. The first-order valence-electron chi connectivity index (χ1n) is 8.46. The van der Waals surface area contributed by atoms with Crippen LogP contribution in [-0.4, -0.2) is 33.6 Å². The molecule has 0 aliphatic rings. The molecule has 132 valence electrons. The number of alkyl carbamates (subject to hydrolysis) is 1. The van der Waals surface area contributed by atoms with E-state index < -0.39 is 5.60 Å². The topological polar surface area (TPSA) is 68.2 Å². The van der Waals surface area contributed by atoms with E-state index in [-0.39, 0.29) is 11.6 Å². The molecule has 23 heavy (non-hydrogen) atoms. The standard InChI is InChI=1S/C17H32N4O2/c1-7-17(8-2,20-15(22)23-16(4,5)6)13-18-10-14-11-19-21(9-3)12-14/h11-12,18H,7-10,13H2,1-6H3,(H,20,22). The number of carbonyl (C=O) groups excluding carboxylic acids is 1. The Hall–Kier alpha value is -1.56. The third-order valence-electron chi connectivity index (χ3n) is 3.92. The molecule has 0 unspecified atom stereocenters. The van der Waals surface area contributed by atoms with Gasteiger partial charge >= 0.3 is 6.09 Å². The summed E-state index contributed by atoms with van der Waals surface area (Å²) in [5.74, 6) is 0. The summed E-state index contributed by atoms with van der Waals surface area (Å²) < 4.78 is 7.29. The van der Waals surface area contributed by atoms with E-state index in [0.717, 1.165) is 31.5 Å². The molecule has 6 heteroatoms. The van der Waals surface area contributed by atoms with E-state index in [9.17, 15) is 4.79 Å². The van der Waals surface area contributed by atoms with Gasteiger partial charge in [-0.05, 0) is 40.5 Å². The average molecular weight is 324 g/mol. The van der Waals surface area contributed by atoms with Gasteiger partial charge in [-0.2, -0.15) is 5.10 Å². The maximum Gasteiger partial charge on any atom is 0.408 e. The van der Waals surface area contributed by atoms with Crippen LogP contribution in [0, 0.1) is 0 Å². The summed E-state index contributed by atoms with van der Waals surface area (Å²) >= 11 is 0. The van der Waals surface area contributed by atoms with Gasteiger partial charge in [-0.25, -0.2) is 4.79 Å². The highest BCUT2D eigenvalue weighted by molar-refractivity contribution is 5.68. The summed E-state index contributed by atoms with van der Waals surface area (Å²) in [6.45, 7) is 14.1. The van der Waals surface area contributed by atoms with Gasteiger partial charge in [0.05, 0.1) is 11.7 Å². The van der Waals surface area contributed by atoms with E-state index in [1.54, 1.807) is 0 Å². The zero-order chi connectivity index (χ0) is 17.5. The molecule has 0 fully saturated rings. The van der Waals surface area contributed by atoms with Crippen molar-refractivity contribution in [3.63, 3.8) is 0 Å². The van der Waals surface area contributed by atoms with E-state index in [1.165, 1.54) is 0 Å². The highest BCUT2D eigenvalue weighted by Crippen LogP contribution is 2.16. The first-order chi connectivity index (χ1) is 10.7. The van der Waals surface area contributed by atoms with Crippen LogP contribution >= 0.6 is 0 Å². The second-order valence-electron chi connectivity index (χ2n) is 6.92. The van der Waals surface area contributed by atoms with Crippen LogP contribution in [-0.2, 0) is 17.8 Å². The number of carbonyl (C=O) groups is 1. The molecule has 0 saturated carbocycles. The summed E-state index contributed by atoms with van der Waals surface area (Å²) in [6, 6.07) is 0. The fourth-order valence-electron chi connectivity index (χ4n) is 2.36. The molecule has 1 rings (SSSR count). The number of rotatable bonds is 8. The summed E-state index contributed by atoms with van der Waals surface area (Å²) in [5.41, 5.74) is 0.355. The lowest BCUT2D eigenvalue weighted by atomic mass is 9.93. The molecular formula is C17H32N4O2. The smallest absolute Gasteiger partial charge is 0.408 e. The van der Waals surface area contributed by atoms with Crippen LogP contribution in [0.1, 0.15) is 59.9 Å². The van der Waals surface area contributed by atoms with Crippen molar-refractivity contribution in [2.45, 2.75) is 78.6 Å². The molecule has 0 aliphatic carbocycles. The quantitative estimate of drug-likeness (QED) is 0.771. The van der Waals surface area contributed by atoms with E-state index in [4.69, 9.17) is 4.74 Å². The molecule has 1 amide bonds. The van der Waals surface area contributed by atoms with Crippen LogP contribution in [0.4, 0.5) is 4.79 Å². The van der Waals surface area contributed by atoms with Crippen molar-refractivity contribution < 1.29 is 9.53 Å². The van der Waals surface area contributed by atoms with Gasteiger partial charge < -0.3 is 15.4 Å². The second kappa shape index (κ2) is 8.34. The van der Waals surface area contributed by atoms with Crippen LogP contribution in [0.3, 0.4) is 0 Å². The monoisotopic (exact) mass is 324 g/mol. The molecule has 1 aromatic rings. The molecule has 0 aromatic carbocycles. The number of nitrogens with one attached hydrogen (secondary N) is 2. The Morgan fingerprint density at radius 3 is 2.39 bits per heavy atom. The summed E-state index contributed by atoms with van der Waals surface area (Å²) in [7, 11) is 0. The van der Waals surface area contributed by atoms with Crippen LogP contribution in [0.25, 0.3) is 0 Å². The van der Waals surface area contributed by atoms with Crippen LogP contribution in [0.5, 0.6) is 0 Å². The number of aromatic nitrogens is 2. The Kier molecular flexibility index (Phi) is 7.06. The first-order valence-corrected chi connectivity index (χ1v) is 8.46. The molecule has 1 aromatic heterocycles. The van der Waals surface area contributed by atoms with Crippen molar-refractivity contribution in [2.24, 2.45) is 0 Å². The predicted molar refractivity (Wildman–Crippen MR) is 92.3 cm³/mol. The maximum absolute atomic E-state index is 12.1. The number of amides is 1. The number of hydrogen-bond donors (Lipinski definition) is 2. The third-order valence-corrected chi connectivity index (χ3v) is 3.92. The summed E-state index contributed by atoms with van der Waals surface area (Å²) in [5, 5.41) is 10.7. The first kappa shape index (κ1) is 19.5. The Labute approximate surface area is 140 Å². The van der Waals surface area contributed by atoms with Gasteiger partial charge in [0.25, 0.3) is 0 Å². The number of nitrogens with zero attached hydrogens (tertiary/aromatic N) is 2. The van der Waals surface area contributed by atoms with Crippen molar-refractivity contribution in [3.8, 4) is 0 Å². The van der Waals surface area contributed by atoms with Gasteiger partial charge in [-0.15, -0.1) is 0 Å². The minimum absolute atomic E-state index is 0.302. The molecule has 0 radical (unpaired) electrons. The van der Waals surface area contributed by atoms with Gasteiger partial charge in [0.15, 0.2) is 0 Å². The summed E-state index contributed by atoms with van der Waals surface area (Å²) in [4.78, 5) is 12.1. The second-order valence-corrected chi connectivity index (χ2v) is 6.92. The third kappa shape index (κ3) is 6.60. The number of aryl methyl sites for hydroxylation is 1. The van der Waals surface area contributed by atoms with Crippen molar-refractivity contribution >= 4 is 6.09 Å². The van der Waals surface area contributed by atoms with Gasteiger partial charge in [0.2, 0.25) is 0 Å². The molecule has 0 bridgehead atoms. The van der Waals surface area contributed by atoms with Crippen molar-refractivity contribution in [3.05, 3.63) is 18.0 Å². The van der Waals surface area contributed by atoms with Gasteiger partial charge in [-0.1, -0.05) is 13.8 Å².